The van der Waals surface area contributed by atoms with Crippen molar-refractivity contribution >= 4 is 43.3 Å². The minimum Gasteiger partial charge on any atom is -1.00 e. The Hall–Kier alpha value is -1.51. The van der Waals surface area contributed by atoms with Crippen LogP contribution < -0.4 is 26.9 Å². The summed E-state index contributed by atoms with van der Waals surface area (Å²) in [6, 6.07) is 15.6. The summed E-state index contributed by atoms with van der Waals surface area (Å²) in [6.45, 7) is 1.86. The van der Waals surface area contributed by atoms with Crippen molar-refractivity contribution in [3.05, 3.63) is 74.7 Å². The summed E-state index contributed by atoms with van der Waals surface area (Å²) in [7, 11) is 0. The van der Waals surface area contributed by atoms with E-state index in [9.17, 15) is 4.79 Å². The topological polar surface area (TPSA) is 50.8 Å². The number of fused-ring (bicyclic) bond motifs is 1. The van der Waals surface area contributed by atoms with Crippen molar-refractivity contribution in [1.82, 2.24) is 9.78 Å². The molecule has 1 aromatic heterocycles. The lowest BCUT2D eigenvalue weighted by molar-refractivity contribution is -0.710. The molecule has 0 saturated carbocycles. The lowest BCUT2D eigenvalue weighted by Crippen LogP contribution is -3.00. The molecule has 2 aromatic carbocycles. The van der Waals surface area contributed by atoms with Crippen LogP contribution in [0.4, 0.5) is 5.69 Å². The number of carbonyl (C=O) groups is 1. The predicted octanol–water partition coefficient (Wildman–Crippen LogP) is 1.92. The molecule has 30 heavy (non-hydrogen) atoms. The molecule has 0 atom stereocenters. The molecule has 0 unspecified atom stereocenters. The molecule has 8 heteroatoms. The summed E-state index contributed by atoms with van der Waals surface area (Å²) in [6.07, 6.45) is 4.45. The lowest BCUT2D eigenvalue weighted by Gasteiger charge is -2.04. The van der Waals surface area contributed by atoms with Crippen molar-refractivity contribution in [3.63, 3.8) is 0 Å². The number of ketones is 1. The highest BCUT2D eigenvalue weighted by Gasteiger charge is 2.28. The Morgan fingerprint density at radius 3 is 2.37 bits per heavy atom. The highest BCUT2D eigenvalue weighted by atomic mass is 79.9. The Morgan fingerprint density at radius 2 is 1.67 bits per heavy atom. The largest absolute Gasteiger partial charge is 1.00 e. The second kappa shape index (κ2) is 10.7. The van der Waals surface area contributed by atoms with Gasteiger partial charge >= 0.3 is 0 Å². The van der Waals surface area contributed by atoms with Gasteiger partial charge in [0.2, 0.25) is 5.82 Å². The second-order valence-corrected chi connectivity index (χ2v) is 9.07. The number of hydrogen-bond acceptors (Lipinski definition) is 3. The Labute approximate surface area is 203 Å². The number of Topliss-reactive ketones (excluding diaryl/α,β-unsaturated/α-hetero) is 1. The van der Waals surface area contributed by atoms with Crippen LogP contribution >= 0.6 is 31.9 Å². The lowest BCUT2D eigenvalue weighted by atomic mass is 10.1. The van der Waals surface area contributed by atoms with E-state index in [-0.39, 0.29) is 29.3 Å². The number of rotatable bonds is 6. The van der Waals surface area contributed by atoms with Gasteiger partial charge in [-0.1, -0.05) is 44.0 Å². The highest BCUT2D eigenvalue weighted by molar-refractivity contribution is 9.10. The molecule has 1 N–H and O–H groups in total. The van der Waals surface area contributed by atoms with E-state index in [1.54, 1.807) is 0 Å². The Kier molecular flexibility index (Phi) is 8.25. The summed E-state index contributed by atoms with van der Waals surface area (Å²) in [5.74, 6) is 2.22. The molecule has 0 bridgehead atoms. The van der Waals surface area contributed by atoms with Crippen LogP contribution in [0.15, 0.2) is 57.5 Å². The van der Waals surface area contributed by atoms with E-state index in [1.807, 2.05) is 53.2 Å². The van der Waals surface area contributed by atoms with Crippen molar-refractivity contribution in [1.29, 1.82) is 0 Å². The fourth-order valence-electron chi connectivity index (χ4n) is 3.66. The summed E-state index contributed by atoms with van der Waals surface area (Å²) in [5, 5.41) is 8.28. The molecule has 5 nitrogen and oxygen atoms in total. The van der Waals surface area contributed by atoms with Crippen LogP contribution in [0.3, 0.4) is 0 Å². The molecule has 2 heterocycles. The van der Waals surface area contributed by atoms with Gasteiger partial charge in [-0.3, -0.25) is 4.79 Å². The number of halogens is 3. The van der Waals surface area contributed by atoms with E-state index in [0.29, 0.717) is 12.1 Å². The summed E-state index contributed by atoms with van der Waals surface area (Å²) in [4.78, 5) is 12.8. The summed E-state index contributed by atoms with van der Waals surface area (Å²) in [5.41, 5.74) is 1.77. The maximum absolute atomic E-state index is 12.8. The van der Waals surface area contributed by atoms with Crippen molar-refractivity contribution < 1.29 is 26.3 Å². The third kappa shape index (κ3) is 5.59. The van der Waals surface area contributed by atoms with Gasteiger partial charge in [0.1, 0.15) is 6.54 Å². The zero-order chi connectivity index (χ0) is 20.2. The summed E-state index contributed by atoms with van der Waals surface area (Å²) < 4.78 is 6.24. The van der Waals surface area contributed by atoms with Gasteiger partial charge in [0.25, 0.3) is 5.82 Å². The number of nitrogens with one attached hydrogen (secondary N) is 1. The molecule has 0 amide bonds. The SMILES string of the molecule is O=C(Cn1nc(CNc2ccc(Br)cc2)[n+]2c1CCCCC2)c1ccc(Br)cc1.[Br-]. The third-order valence-electron chi connectivity index (χ3n) is 5.19. The van der Waals surface area contributed by atoms with E-state index >= 15 is 0 Å². The van der Waals surface area contributed by atoms with E-state index in [0.717, 1.165) is 52.1 Å². The minimum atomic E-state index is 0. The molecule has 4 rings (SSSR count). The van der Waals surface area contributed by atoms with Gasteiger partial charge < -0.3 is 22.3 Å². The first-order valence-corrected chi connectivity index (χ1v) is 11.5. The number of benzene rings is 2. The van der Waals surface area contributed by atoms with Gasteiger partial charge in [0.05, 0.1) is 6.54 Å². The number of carbonyl (C=O) groups excluding carboxylic acids is 1. The molecule has 0 radical (unpaired) electrons. The van der Waals surface area contributed by atoms with Crippen LogP contribution in [0, 0.1) is 0 Å². The van der Waals surface area contributed by atoms with Gasteiger partial charge in [-0.15, -0.1) is 4.68 Å². The van der Waals surface area contributed by atoms with Crippen LogP contribution in [0.2, 0.25) is 0 Å². The van der Waals surface area contributed by atoms with Gasteiger partial charge in [-0.05, 0) is 55.7 Å². The van der Waals surface area contributed by atoms with Crippen LogP contribution in [-0.2, 0) is 26.1 Å². The number of hydrogen-bond donors (Lipinski definition) is 1. The normalized spacial score (nSPS) is 13.1. The maximum atomic E-state index is 12.8. The van der Waals surface area contributed by atoms with Gasteiger partial charge in [0, 0.05) is 31.7 Å². The van der Waals surface area contributed by atoms with Crippen molar-refractivity contribution in [2.45, 2.75) is 45.3 Å². The monoisotopic (exact) mass is 596 g/mol. The van der Waals surface area contributed by atoms with Crippen molar-refractivity contribution in [3.8, 4) is 0 Å². The number of aromatic nitrogens is 3. The number of nitrogens with zero attached hydrogens (tertiary/aromatic N) is 3. The van der Waals surface area contributed by atoms with Crippen molar-refractivity contribution in [2.24, 2.45) is 0 Å². The quantitative estimate of drug-likeness (QED) is 0.349. The molecule has 0 fully saturated rings. The second-order valence-electron chi connectivity index (χ2n) is 7.24. The van der Waals surface area contributed by atoms with Gasteiger partial charge in [-0.25, -0.2) is 4.57 Å². The summed E-state index contributed by atoms with van der Waals surface area (Å²) >= 11 is 6.89. The molecule has 0 spiro atoms. The standard InChI is InChI=1S/C22H23Br2N4O.BrH/c23-17-7-5-16(6-8-17)20(29)15-28-22-4-2-1-3-13-27(22)21(26-28)14-25-19-11-9-18(24)10-12-19;/h5-12,25H,1-4,13-15H2;1H/q+1;/p-1. The van der Waals surface area contributed by atoms with E-state index in [4.69, 9.17) is 5.10 Å². The van der Waals surface area contributed by atoms with E-state index in [2.05, 4.69) is 41.7 Å². The first-order chi connectivity index (χ1) is 14.1. The first-order valence-electron chi connectivity index (χ1n) is 9.87. The predicted molar refractivity (Wildman–Crippen MR) is 120 cm³/mol. The van der Waals surface area contributed by atoms with Gasteiger partial charge in [0.15, 0.2) is 12.3 Å². The van der Waals surface area contributed by atoms with Crippen LogP contribution in [-0.4, -0.2) is 15.6 Å². The molecule has 0 aliphatic carbocycles. The Bertz CT molecular complexity index is 1000. The van der Waals surface area contributed by atoms with Crippen LogP contribution in [0.25, 0.3) is 0 Å². The van der Waals surface area contributed by atoms with Crippen LogP contribution in [0.1, 0.15) is 41.3 Å². The molecule has 3 aromatic rings. The highest BCUT2D eigenvalue weighted by Crippen LogP contribution is 2.16. The zero-order valence-electron chi connectivity index (χ0n) is 16.5. The zero-order valence-corrected chi connectivity index (χ0v) is 21.2. The molecule has 1 aliphatic heterocycles. The van der Waals surface area contributed by atoms with Gasteiger partial charge in [-0.2, -0.15) is 0 Å². The molecule has 1 aliphatic rings. The molecule has 158 valence electrons. The molecular formula is C22H23Br3N4O. The Balaban J connectivity index is 0.00000256. The average molecular weight is 599 g/mol. The smallest absolute Gasteiger partial charge is 0.296 e. The fraction of sp³-hybridized carbons (Fsp3) is 0.318. The number of anilines is 1. The fourth-order valence-corrected chi connectivity index (χ4v) is 4.19. The Morgan fingerprint density at radius 1 is 1.00 bits per heavy atom. The average Bonchev–Trinajstić information content (AvgIpc) is 2.89. The van der Waals surface area contributed by atoms with Crippen molar-refractivity contribution in [2.75, 3.05) is 5.32 Å². The third-order valence-corrected chi connectivity index (χ3v) is 6.25. The molecular weight excluding hydrogens is 576 g/mol. The maximum Gasteiger partial charge on any atom is 0.296 e. The minimum absolute atomic E-state index is 0. The first kappa shape index (κ1) is 23.2. The van der Waals surface area contributed by atoms with E-state index < -0.39 is 0 Å². The van der Waals surface area contributed by atoms with Crippen LogP contribution in [0.5, 0.6) is 0 Å². The van der Waals surface area contributed by atoms with E-state index in [1.165, 1.54) is 6.42 Å². The molecule has 0 saturated heterocycles.